The second-order valence-electron chi connectivity index (χ2n) is 6.06. The van der Waals surface area contributed by atoms with Crippen LogP contribution in [0.15, 0.2) is 36.5 Å². The smallest absolute Gasteiger partial charge is 0.224 e. The highest BCUT2D eigenvalue weighted by Gasteiger charge is 2.13. The highest BCUT2D eigenvalue weighted by molar-refractivity contribution is 6.34. The first-order valence-electron chi connectivity index (χ1n) is 7.95. The van der Waals surface area contributed by atoms with Gasteiger partial charge in [-0.3, -0.25) is 4.79 Å². The Morgan fingerprint density at radius 2 is 2.04 bits per heavy atom. The summed E-state index contributed by atoms with van der Waals surface area (Å²) >= 11 is 6.25. The van der Waals surface area contributed by atoms with Crippen molar-refractivity contribution in [3.8, 4) is 0 Å². The average Bonchev–Trinajstić information content (AvgIpc) is 2.84. The number of pyridine rings is 1. The van der Waals surface area contributed by atoms with Crippen LogP contribution in [0.1, 0.15) is 28.9 Å². The molecule has 0 aliphatic carbocycles. The van der Waals surface area contributed by atoms with Crippen molar-refractivity contribution >= 4 is 28.8 Å². The molecule has 3 aromatic rings. The van der Waals surface area contributed by atoms with E-state index >= 15 is 0 Å². The van der Waals surface area contributed by atoms with E-state index in [1.54, 1.807) is 0 Å². The molecule has 0 unspecified atom stereocenters. The number of rotatable bonds is 4. The average molecular weight is 342 g/mol. The van der Waals surface area contributed by atoms with Crippen LogP contribution in [0.2, 0.25) is 5.02 Å². The first kappa shape index (κ1) is 16.5. The Morgan fingerprint density at radius 3 is 2.79 bits per heavy atom. The number of benzene rings is 1. The van der Waals surface area contributed by atoms with E-state index in [0.29, 0.717) is 23.6 Å². The Bertz CT molecular complexity index is 891. The quantitative estimate of drug-likeness (QED) is 0.760. The van der Waals surface area contributed by atoms with Gasteiger partial charge in [0, 0.05) is 18.3 Å². The number of anilines is 1. The first-order chi connectivity index (χ1) is 11.5. The standard InChI is InChI=1S/C19H20ClN3O/c1-12-10-13(2)19(15(20)11-12)22-18(24)8-7-16-14(3)21-17-6-4-5-9-23(16)17/h4-6,9-11H,7-8H2,1-3H3,(H,22,24). The van der Waals surface area contributed by atoms with Crippen molar-refractivity contribution < 1.29 is 4.79 Å². The zero-order valence-electron chi connectivity index (χ0n) is 14.1. The lowest BCUT2D eigenvalue weighted by molar-refractivity contribution is -0.116. The third kappa shape index (κ3) is 3.29. The van der Waals surface area contributed by atoms with Crippen molar-refractivity contribution in [2.24, 2.45) is 0 Å². The van der Waals surface area contributed by atoms with Gasteiger partial charge in [-0.05, 0) is 56.5 Å². The molecule has 24 heavy (non-hydrogen) atoms. The molecule has 0 atom stereocenters. The van der Waals surface area contributed by atoms with Gasteiger partial charge >= 0.3 is 0 Å². The number of hydrogen-bond acceptors (Lipinski definition) is 2. The predicted molar refractivity (Wildman–Crippen MR) is 97.8 cm³/mol. The Hall–Kier alpha value is -2.33. The Morgan fingerprint density at radius 1 is 1.25 bits per heavy atom. The fourth-order valence-corrected chi connectivity index (χ4v) is 3.34. The van der Waals surface area contributed by atoms with Crippen molar-refractivity contribution in [3.05, 3.63) is 64.1 Å². The van der Waals surface area contributed by atoms with Crippen LogP contribution in [0, 0.1) is 20.8 Å². The zero-order chi connectivity index (χ0) is 17.3. The van der Waals surface area contributed by atoms with Gasteiger partial charge in [0.25, 0.3) is 0 Å². The summed E-state index contributed by atoms with van der Waals surface area (Å²) in [5, 5.41) is 3.51. The molecule has 2 heterocycles. The molecule has 1 amide bonds. The van der Waals surface area contributed by atoms with Gasteiger partial charge in [-0.25, -0.2) is 4.98 Å². The molecule has 0 saturated heterocycles. The van der Waals surface area contributed by atoms with Crippen LogP contribution in [-0.2, 0) is 11.2 Å². The molecule has 2 aromatic heterocycles. The Labute approximate surface area is 146 Å². The molecule has 0 spiro atoms. The fourth-order valence-electron chi connectivity index (χ4n) is 2.97. The molecule has 3 rings (SSSR count). The number of hydrogen-bond donors (Lipinski definition) is 1. The van der Waals surface area contributed by atoms with Gasteiger partial charge in [0.05, 0.1) is 16.4 Å². The van der Waals surface area contributed by atoms with E-state index in [2.05, 4.69) is 10.3 Å². The van der Waals surface area contributed by atoms with Gasteiger partial charge < -0.3 is 9.72 Å². The van der Waals surface area contributed by atoms with Crippen molar-refractivity contribution in [2.75, 3.05) is 5.32 Å². The number of fused-ring (bicyclic) bond motifs is 1. The van der Waals surface area contributed by atoms with Gasteiger partial charge in [-0.2, -0.15) is 0 Å². The number of aryl methyl sites for hydroxylation is 4. The van der Waals surface area contributed by atoms with E-state index in [9.17, 15) is 4.79 Å². The van der Waals surface area contributed by atoms with E-state index in [4.69, 9.17) is 11.6 Å². The third-order valence-electron chi connectivity index (χ3n) is 4.11. The van der Waals surface area contributed by atoms with Crippen LogP contribution in [-0.4, -0.2) is 15.3 Å². The molecule has 1 N–H and O–H groups in total. The number of halogens is 1. The van der Waals surface area contributed by atoms with E-state index in [-0.39, 0.29) is 5.91 Å². The summed E-state index contributed by atoms with van der Waals surface area (Å²) in [6, 6.07) is 9.76. The summed E-state index contributed by atoms with van der Waals surface area (Å²) < 4.78 is 2.03. The second kappa shape index (κ2) is 6.65. The summed E-state index contributed by atoms with van der Waals surface area (Å²) in [6.07, 6.45) is 2.99. The van der Waals surface area contributed by atoms with Gasteiger partial charge in [-0.15, -0.1) is 0 Å². The SMILES string of the molecule is Cc1cc(C)c(NC(=O)CCc2c(C)nc3ccccn23)c(Cl)c1. The summed E-state index contributed by atoms with van der Waals surface area (Å²) in [7, 11) is 0. The van der Waals surface area contributed by atoms with Crippen LogP contribution in [0.5, 0.6) is 0 Å². The minimum absolute atomic E-state index is 0.0471. The normalized spacial score (nSPS) is 11.0. The molecule has 4 nitrogen and oxygen atoms in total. The van der Waals surface area contributed by atoms with Gasteiger partial charge in [0.1, 0.15) is 5.65 Å². The predicted octanol–water partition coefficient (Wildman–Crippen LogP) is 4.48. The van der Waals surface area contributed by atoms with E-state index in [0.717, 1.165) is 28.2 Å². The highest BCUT2D eigenvalue weighted by atomic mass is 35.5. The molecular weight excluding hydrogens is 322 g/mol. The molecule has 1 aromatic carbocycles. The molecule has 0 aliphatic rings. The van der Waals surface area contributed by atoms with Crippen molar-refractivity contribution in [2.45, 2.75) is 33.6 Å². The molecule has 0 aliphatic heterocycles. The fraction of sp³-hybridized carbons (Fsp3) is 0.263. The van der Waals surface area contributed by atoms with Crippen LogP contribution in [0.25, 0.3) is 5.65 Å². The van der Waals surface area contributed by atoms with Crippen LogP contribution in [0.4, 0.5) is 5.69 Å². The minimum Gasteiger partial charge on any atom is -0.325 e. The number of imidazole rings is 1. The Kier molecular flexibility index (Phi) is 4.58. The summed E-state index contributed by atoms with van der Waals surface area (Å²) in [6.45, 7) is 5.91. The largest absolute Gasteiger partial charge is 0.325 e. The van der Waals surface area contributed by atoms with Gasteiger partial charge in [0.2, 0.25) is 5.91 Å². The lowest BCUT2D eigenvalue weighted by Crippen LogP contribution is -2.14. The second-order valence-corrected chi connectivity index (χ2v) is 6.47. The number of nitrogens with one attached hydrogen (secondary N) is 1. The van der Waals surface area contributed by atoms with Crippen molar-refractivity contribution in [1.29, 1.82) is 0 Å². The van der Waals surface area contributed by atoms with E-state index in [1.165, 1.54) is 0 Å². The van der Waals surface area contributed by atoms with Crippen LogP contribution >= 0.6 is 11.6 Å². The van der Waals surface area contributed by atoms with Crippen LogP contribution < -0.4 is 5.32 Å². The minimum atomic E-state index is -0.0471. The topological polar surface area (TPSA) is 46.4 Å². The highest BCUT2D eigenvalue weighted by Crippen LogP contribution is 2.27. The maximum absolute atomic E-state index is 12.3. The van der Waals surface area contributed by atoms with Gasteiger partial charge in [-0.1, -0.05) is 23.7 Å². The lowest BCUT2D eigenvalue weighted by atomic mass is 10.1. The lowest BCUT2D eigenvalue weighted by Gasteiger charge is -2.11. The zero-order valence-corrected chi connectivity index (χ0v) is 14.8. The van der Waals surface area contributed by atoms with Crippen molar-refractivity contribution in [3.63, 3.8) is 0 Å². The maximum Gasteiger partial charge on any atom is 0.224 e. The van der Waals surface area contributed by atoms with E-state index < -0.39 is 0 Å². The number of amides is 1. The summed E-state index contributed by atoms with van der Waals surface area (Å²) in [5.41, 5.74) is 5.67. The number of nitrogens with zero attached hydrogens (tertiary/aromatic N) is 2. The molecule has 0 fully saturated rings. The third-order valence-corrected chi connectivity index (χ3v) is 4.41. The number of aromatic nitrogens is 2. The molecule has 5 heteroatoms. The maximum atomic E-state index is 12.3. The first-order valence-corrected chi connectivity index (χ1v) is 8.32. The van der Waals surface area contributed by atoms with Crippen LogP contribution in [0.3, 0.4) is 0 Å². The number of carbonyl (C=O) groups is 1. The number of carbonyl (C=O) groups excluding carboxylic acids is 1. The molecular formula is C19H20ClN3O. The van der Waals surface area contributed by atoms with Crippen molar-refractivity contribution in [1.82, 2.24) is 9.38 Å². The molecule has 0 saturated carbocycles. The van der Waals surface area contributed by atoms with Gasteiger partial charge in [0.15, 0.2) is 0 Å². The molecule has 124 valence electrons. The summed E-state index contributed by atoms with van der Waals surface area (Å²) in [4.78, 5) is 16.9. The summed E-state index contributed by atoms with van der Waals surface area (Å²) in [5.74, 6) is -0.0471. The molecule has 0 bridgehead atoms. The monoisotopic (exact) mass is 341 g/mol. The van der Waals surface area contributed by atoms with E-state index in [1.807, 2.05) is 61.7 Å². The molecule has 0 radical (unpaired) electrons. The Balaban J connectivity index is 1.73.